The van der Waals surface area contributed by atoms with Gasteiger partial charge in [0.05, 0.1) is 0 Å². The SMILES string of the molecule is O=S(=O)([O-])O.O=S(=O)([O-])O.O=S(=O)([O-])O.[Pr+3]. The number of hydrogen-bond donors (Lipinski definition) is 3. The van der Waals surface area contributed by atoms with E-state index in [0.717, 1.165) is 0 Å². The molecule has 0 saturated heterocycles. The van der Waals surface area contributed by atoms with Gasteiger partial charge in [-0.2, -0.15) is 0 Å². The van der Waals surface area contributed by atoms with E-state index in [1.807, 2.05) is 0 Å². The molecule has 0 aromatic carbocycles. The van der Waals surface area contributed by atoms with E-state index in [9.17, 15) is 0 Å². The summed E-state index contributed by atoms with van der Waals surface area (Å²) in [6.45, 7) is 0. The Labute approximate surface area is 124 Å². The third-order valence-corrected chi connectivity index (χ3v) is 0. The number of rotatable bonds is 0. The fraction of sp³-hybridized carbons (Fsp3) is 0. The van der Waals surface area contributed by atoms with Gasteiger partial charge in [-0.15, -0.1) is 0 Å². The summed E-state index contributed by atoms with van der Waals surface area (Å²) < 4.78 is 98.5. The molecule has 0 aromatic heterocycles. The van der Waals surface area contributed by atoms with Gasteiger partial charge in [-0.1, -0.05) is 0 Å². The third kappa shape index (κ3) is 3080. The van der Waals surface area contributed by atoms with Crippen LogP contribution in [-0.4, -0.2) is 52.6 Å². The van der Waals surface area contributed by atoms with Crippen molar-refractivity contribution in [3.05, 3.63) is 0 Å². The Balaban J connectivity index is -0.0000000655. The summed E-state index contributed by atoms with van der Waals surface area (Å²) in [6, 6.07) is 0. The fourth-order valence-electron chi connectivity index (χ4n) is 0. The second-order valence-electron chi connectivity index (χ2n) is 1.28. The Morgan fingerprint density at radius 3 is 0.562 bits per heavy atom. The van der Waals surface area contributed by atoms with Gasteiger partial charge < -0.3 is 13.7 Å². The standard InChI is InChI=1S/3H2O4S.Pr/c3*1-5(2,3)4;/h3*(H2,1,2,3,4);/q;;;+3/p-3. The molecule has 0 atom stereocenters. The Bertz CT molecular complexity index is 337. The maximum Gasteiger partial charge on any atom is 3.00 e. The van der Waals surface area contributed by atoms with Gasteiger partial charge in [0.1, 0.15) is 0 Å². The quantitative estimate of drug-likeness (QED) is 0.257. The Morgan fingerprint density at radius 1 is 0.562 bits per heavy atom. The summed E-state index contributed by atoms with van der Waals surface area (Å²) in [4.78, 5) is 0. The van der Waals surface area contributed by atoms with Gasteiger partial charge >= 0.3 is 41.3 Å². The second kappa shape index (κ2) is 9.95. The van der Waals surface area contributed by atoms with Crippen LogP contribution in [0.15, 0.2) is 0 Å². The monoisotopic (exact) mass is 432 g/mol. The van der Waals surface area contributed by atoms with Gasteiger partial charge in [-0.25, -0.2) is 25.3 Å². The van der Waals surface area contributed by atoms with Crippen molar-refractivity contribution in [2.24, 2.45) is 0 Å². The molecule has 0 aliphatic rings. The summed E-state index contributed by atoms with van der Waals surface area (Å²) in [5, 5.41) is 0. The molecular formula is H3O12PrS3. The first kappa shape index (κ1) is 25.7. The van der Waals surface area contributed by atoms with E-state index in [2.05, 4.69) is 0 Å². The normalized spacial score (nSPS) is 10.9. The summed E-state index contributed by atoms with van der Waals surface area (Å²) in [5.74, 6) is 0. The minimum atomic E-state index is -4.92. The largest absolute Gasteiger partial charge is 3.00 e. The molecule has 0 aromatic rings. The molecule has 96 valence electrons. The molecule has 0 amide bonds. The van der Waals surface area contributed by atoms with E-state index in [0.29, 0.717) is 0 Å². The van der Waals surface area contributed by atoms with Crippen LogP contribution in [0.1, 0.15) is 0 Å². The molecule has 0 spiro atoms. The van der Waals surface area contributed by atoms with Crippen LogP contribution >= 0.6 is 0 Å². The molecule has 3 N–H and O–H groups in total. The van der Waals surface area contributed by atoms with Crippen molar-refractivity contribution in [3.63, 3.8) is 0 Å². The van der Waals surface area contributed by atoms with Crippen LogP contribution in [-0.2, 0) is 31.2 Å². The molecule has 12 nitrogen and oxygen atoms in total. The zero-order valence-electron chi connectivity index (χ0n) is 6.82. The summed E-state index contributed by atoms with van der Waals surface area (Å²) in [7, 11) is -14.7. The second-order valence-corrected chi connectivity index (χ2v) is 3.85. The summed E-state index contributed by atoms with van der Waals surface area (Å²) in [6.07, 6.45) is 0. The molecule has 0 fully saturated rings. The average Bonchev–Trinajstić information content (AvgIpc) is 1.41. The van der Waals surface area contributed by atoms with Crippen LogP contribution in [0, 0.1) is 41.3 Å². The smallest absolute Gasteiger partial charge is 0.726 e. The topological polar surface area (TPSA) is 232 Å². The predicted octanol–water partition coefficient (Wildman–Crippen LogP) is -2.99. The van der Waals surface area contributed by atoms with E-state index in [1.165, 1.54) is 0 Å². The van der Waals surface area contributed by atoms with E-state index >= 15 is 0 Å². The molecule has 0 radical (unpaired) electrons. The minimum absolute atomic E-state index is 0. The van der Waals surface area contributed by atoms with Gasteiger partial charge in [0.25, 0.3) is 0 Å². The number of hydrogen-bond acceptors (Lipinski definition) is 9. The molecule has 0 aliphatic carbocycles. The van der Waals surface area contributed by atoms with Crippen molar-refractivity contribution < 1.29 is 93.9 Å². The molecule has 0 aliphatic heterocycles. The van der Waals surface area contributed by atoms with Crippen LogP contribution < -0.4 is 0 Å². The average molecular weight is 432 g/mol. The Kier molecular flexibility index (Phi) is 16.0. The van der Waals surface area contributed by atoms with Crippen molar-refractivity contribution in [1.29, 1.82) is 0 Å². The Hall–Kier alpha value is 0.974. The van der Waals surface area contributed by atoms with Crippen molar-refractivity contribution in [2.45, 2.75) is 0 Å². The van der Waals surface area contributed by atoms with E-state index in [1.54, 1.807) is 0 Å². The molecule has 0 bridgehead atoms. The zero-order valence-corrected chi connectivity index (χ0v) is 13.0. The van der Waals surface area contributed by atoms with Crippen molar-refractivity contribution in [3.8, 4) is 0 Å². The van der Waals surface area contributed by atoms with Crippen molar-refractivity contribution >= 4 is 31.2 Å². The zero-order chi connectivity index (χ0) is 13.5. The maximum atomic E-state index is 8.63. The van der Waals surface area contributed by atoms with Crippen LogP contribution in [0.5, 0.6) is 0 Å². The summed E-state index contributed by atoms with van der Waals surface area (Å²) >= 11 is 0. The van der Waals surface area contributed by atoms with Crippen molar-refractivity contribution in [2.75, 3.05) is 0 Å². The predicted molar refractivity (Wildman–Crippen MR) is 37.0 cm³/mol. The van der Waals surface area contributed by atoms with Gasteiger partial charge in [0, 0.05) is 0 Å². The molecule has 0 heterocycles. The molecule has 0 rings (SSSR count). The van der Waals surface area contributed by atoms with E-state index in [4.69, 9.17) is 52.6 Å². The molecule has 16 heteroatoms. The van der Waals surface area contributed by atoms with Crippen LogP contribution in [0.4, 0.5) is 0 Å². The first-order chi connectivity index (χ1) is 6.00. The van der Waals surface area contributed by atoms with Crippen LogP contribution in [0.25, 0.3) is 0 Å². The molecule has 16 heavy (non-hydrogen) atoms. The first-order valence-corrected chi connectivity index (χ1v) is 6.14. The maximum absolute atomic E-state index is 8.63. The molecular weight excluding hydrogens is 429 g/mol. The fourth-order valence-corrected chi connectivity index (χ4v) is 0. The van der Waals surface area contributed by atoms with E-state index in [-0.39, 0.29) is 41.3 Å². The van der Waals surface area contributed by atoms with Gasteiger partial charge in [0.2, 0.25) is 31.2 Å². The molecule has 0 unspecified atom stereocenters. The van der Waals surface area contributed by atoms with E-state index < -0.39 is 31.2 Å². The van der Waals surface area contributed by atoms with Gasteiger partial charge in [-0.3, -0.25) is 13.7 Å². The third-order valence-electron chi connectivity index (χ3n) is 0. The Morgan fingerprint density at radius 2 is 0.562 bits per heavy atom. The van der Waals surface area contributed by atoms with Crippen LogP contribution in [0.2, 0.25) is 0 Å². The van der Waals surface area contributed by atoms with Crippen molar-refractivity contribution in [1.82, 2.24) is 0 Å². The van der Waals surface area contributed by atoms with Gasteiger partial charge in [-0.05, 0) is 0 Å². The first-order valence-electron chi connectivity index (χ1n) is 2.05. The summed E-state index contributed by atoms with van der Waals surface area (Å²) in [5.41, 5.74) is 0. The van der Waals surface area contributed by atoms with Crippen LogP contribution in [0.3, 0.4) is 0 Å². The van der Waals surface area contributed by atoms with Gasteiger partial charge in [0.15, 0.2) is 0 Å². The molecule has 0 saturated carbocycles. The minimum Gasteiger partial charge on any atom is -0.726 e.